The molecule has 0 amide bonds. The quantitative estimate of drug-likeness (QED) is 0.796. The average molecular weight is 408 g/mol. The molecule has 0 saturated carbocycles. The Balaban J connectivity index is 1.93. The number of rotatable bonds is 6. The number of nitrogens with one attached hydrogen (secondary N) is 1. The van der Waals surface area contributed by atoms with E-state index in [1.165, 1.54) is 4.41 Å². The Morgan fingerprint density at radius 1 is 1.04 bits per heavy atom. The standard InChI is InChI=1S/C18H21N3O4S2/c1-3-27(24,25)21-18(15-7-5-4-6-8-15)13-17(19-21)14-9-11-16(12-10-14)20-26(2,22)23/h4-12,18,20H,3,13H2,1-2H3/t18-/m0/s1. The molecule has 0 aromatic heterocycles. The SMILES string of the molecule is CCS(=O)(=O)N1N=C(c2ccc(NS(C)(=O)=O)cc2)C[C@H]1c1ccccc1. The molecule has 0 radical (unpaired) electrons. The Hall–Kier alpha value is -2.39. The number of hydrazone groups is 1. The van der Waals surface area contributed by atoms with E-state index >= 15 is 0 Å². The van der Waals surface area contributed by atoms with Crippen molar-refractivity contribution in [3.63, 3.8) is 0 Å². The lowest BCUT2D eigenvalue weighted by Gasteiger charge is -2.22. The van der Waals surface area contributed by atoms with Crippen LogP contribution in [0.15, 0.2) is 59.7 Å². The van der Waals surface area contributed by atoms with Gasteiger partial charge in [0.1, 0.15) is 0 Å². The molecule has 0 aliphatic carbocycles. The van der Waals surface area contributed by atoms with Crippen molar-refractivity contribution in [3.8, 4) is 0 Å². The number of benzene rings is 2. The fourth-order valence-corrected chi connectivity index (χ4v) is 4.56. The van der Waals surface area contributed by atoms with E-state index in [1.54, 1.807) is 31.2 Å². The smallest absolute Gasteiger partial charge is 0.250 e. The predicted molar refractivity (Wildman–Crippen MR) is 107 cm³/mol. The van der Waals surface area contributed by atoms with Crippen LogP contribution in [0.1, 0.15) is 30.5 Å². The average Bonchev–Trinajstić information content (AvgIpc) is 3.08. The van der Waals surface area contributed by atoms with Gasteiger partial charge in [0.05, 0.1) is 23.8 Å². The summed E-state index contributed by atoms with van der Waals surface area (Å²) in [4.78, 5) is 0. The molecule has 2 aromatic carbocycles. The van der Waals surface area contributed by atoms with Gasteiger partial charge in [-0.2, -0.15) is 9.52 Å². The van der Waals surface area contributed by atoms with E-state index in [0.717, 1.165) is 17.4 Å². The zero-order valence-electron chi connectivity index (χ0n) is 15.0. The van der Waals surface area contributed by atoms with Crippen LogP contribution in [-0.4, -0.2) is 39.0 Å². The van der Waals surface area contributed by atoms with Gasteiger partial charge in [0.15, 0.2) is 0 Å². The molecule has 1 aliphatic rings. The van der Waals surface area contributed by atoms with Gasteiger partial charge in [-0.25, -0.2) is 16.8 Å². The molecule has 0 spiro atoms. The first-order valence-electron chi connectivity index (χ1n) is 8.42. The summed E-state index contributed by atoms with van der Waals surface area (Å²) < 4.78 is 51.3. The van der Waals surface area contributed by atoms with Crippen LogP contribution in [0.4, 0.5) is 5.69 Å². The van der Waals surface area contributed by atoms with Crippen LogP contribution in [0, 0.1) is 0 Å². The number of hydrogen-bond donors (Lipinski definition) is 1. The van der Waals surface area contributed by atoms with Gasteiger partial charge in [0, 0.05) is 12.1 Å². The Labute approximate surface area is 159 Å². The Morgan fingerprint density at radius 3 is 2.22 bits per heavy atom. The fraction of sp³-hybridized carbons (Fsp3) is 0.278. The molecule has 0 bridgehead atoms. The monoisotopic (exact) mass is 407 g/mol. The van der Waals surface area contributed by atoms with Crippen LogP contribution >= 0.6 is 0 Å². The molecule has 27 heavy (non-hydrogen) atoms. The molecule has 2 aromatic rings. The van der Waals surface area contributed by atoms with Crippen molar-refractivity contribution in [2.75, 3.05) is 16.7 Å². The van der Waals surface area contributed by atoms with Gasteiger partial charge in [-0.3, -0.25) is 4.72 Å². The minimum absolute atomic E-state index is 0.0374. The van der Waals surface area contributed by atoms with Crippen molar-refractivity contribution in [1.29, 1.82) is 0 Å². The first-order chi connectivity index (χ1) is 12.7. The third-order valence-electron chi connectivity index (χ3n) is 4.23. The summed E-state index contributed by atoms with van der Waals surface area (Å²) in [6.45, 7) is 1.59. The second kappa shape index (κ2) is 7.32. The van der Waals surface area contributed by atoms with Crippen molar-refractivity contribution in [1.82, 2.24) is 4.41 Å². The van der Waals surface area contributed by atoms with E-state index in [0.29, 0.717) is 17.8 Å². The van der Waals surface area contributed by atoms with Crippen molar-refractivity contribution < 1.29 is 16.8 Å². The molecule has 1 heterocycles. The predicted octanol–water partition coefficient (Wildman–Crippen LogP) is 2.56. The minimum Gasteiger partial charge on any atom is -0.284 e. The normalized spacial score (nSPS) is 17.6. The first kappa shape index (κ1) is 19.4. The van der Waals surface area contributed by atoms with Crippen LogP contribution in [0.5, 0.6) is 0 Å². The van der Waals surface area contributed by atoms with Gasteiger partial charge in [0.25, 0.3) is 0 Å². The minimum atomic E-state index is -3.51. The number of sulfonamides is 2. The zero-order chi connectivity index (χ0) is 19.7. The second-order valence-electron chi connectivity index (χ2n) is 6.30. The van der Waals surface area contributed by atoms with Crippen LogP contribution in [-0.2, 0) is 20.0 Å². The van der Waals surface area contributed by atoms with Crippen molar-refractivity contribution in [3.05, 3.63) is 65.7 Å². The fourth-order valence-electron chi connectivity index (χ4n) is 2.92. The van der Waals surface area contributed by atoms with E-state index in [9.17, 15) is 16.8 Å². The van der Waals surface area contributed by atoms with E-state index < -0.39 is 20.0 Å². The summed E-state index contributed by atoms with van der Waals surface area (Å²) in [6.07, 6.45) is 1.53. The van der Waals surface area contributed by atoms with Gasteiger partial charge < -0.3 is 0 Å². The number of anilines is 1. The van der Waals surface area contributed by atoms with E-state index in [2.05, 4.69) is 9.82 Å². The molecular formula is C18H21N3O4S2. The second-order valence-corrected chi connectivity index (χ2v) is 10.2. The van der Waals surface area contributed by atoms with Crippen molar-refractivity contribution in [2.45, 2.75) is 19.4 Å². The molecule has 144 valence electrons. The maximum absolute atomic E-state index is 12.5. The lowest BCUT2D eigenvalue weighted by molar-refractivity contribution is 0.372. The first-order valence-corrected chi connectivity index (χ1v) is 11.9. The molecule has 1 aliphatic heterocycles. The van der Waals surface area contributed by atoms with Gasteiger partial charge in [-0.05, 0) is 30.2 Å². The zero-order valence-corrected chi connectivity index (χ0v) is 16.7. The molecule has 7 nitrogen and oxygen atoms in total. The highest BCUT2D eigenvalue weighted by Gasteiger charge is 2.35. The topological polar surface area (TPSA) is 95.9 Å². The Bertz CT molecular complexity index is 1050. The van der Waals surface area contributed by atoms with Crippen LogP contribution < -0.4 is 4.72 Å². The molecule has 0 unspecified atom stereocenters. The molecule has 0 saturated heterocycles. The lowest BCUT2D eigenvalue weighted by atomic mass is 9.99. The maximum Gasteiger partial charge on any atom is 0.250 e. The number of nitrogens with zero attached hydrogens (tertiary/aromatic N) is 2. The Kier molecular flexibility index (Phi) is 5.25. The van der Waals surface area contributed by atoms with Gasteiger partial charge >= 0.3 is 0 Å². The lowest BCUT2D eigenvalue weighted by Crippen LogP contribution is -2.28. The summed E-state index contributed by atoms with van der Waals surface area (Å²) in [5.41, 5.74) is 2.72. The highest BCUT2D eigenvalue weighted by molar-refractivity contribution is 7.92. The molecule has 0 fully saturated rings. The van der Waals surface area contributed by atoms with Crippen LogP contribution in [0.2, 0.25) is 0 Å². The summed E-state index contributed by atoms with van der Waals surface area (Å²) in [5, 5.41) is 4.39. The summed E-state index contributed by atoms with van der Waals surface area (Å²) >= 11 is 0. The molecule has 3 rings (SSSR count). The third-order valence-corrected chi connectivity index (χ3v) is 6.47. The van der Waals surface area contributed by atoms with Gasteiger partial charge in [-0.1, -0.05) is 42.5 Å². The molecule has 1 N–H and O–H groups in total. The van der Waals surface area contributed by atoms with Crippen molar-refractivity contribution >= 4 is 31.4 Å². The van der Waals surface area contributed by atoms with Crippen LogP contribution in [0.25, 0.3) is 0 Å². The summed E-state index contributed by atoms with van der Waals surface area (Å²) in [5.74, 6) is -0.0374. The molecule has 9 heteroatoms. The third kappa shape index (κ3) is 4.48. The molecule has 1 atom stereocenters. The van der Waals surface area contributed by atoms with E-state index in [1.807, 2.05) is 30.3 Å². The molecular weight excluding hydrogens is 386 g/mol. The maximum atomic E-state index is 12.5. The summed E-state index contributed by atoms with van der Waals surface area (Å²) in [7, 11) is -6.87. The summed E-state index contributed by atoms with van der Waals surface area (Å²) in [6, 6.07) is 15.7. The van der Waals surface area contributed by atoms with E-state index in [4.69, 9.17) is 0 Å². The highest BCUT2D eigenvalue weighted by Crippen LogP contribution is 2.35. The Morgan fingerprint density at radius 2 is 1.67 bits per heavy atom. The van der Waals surface area contributed by atoms with E-state index in [-0.39, 0.29) is 11.8 Å². The van der Waals surface area contributed by atoms with Gasteiger partial charge in [-0.15, -0.1) is 0 Å². The van der Waals surface area contributed by atoms with Gasteiger partial charge in [0.2, 0.25) is 20.0 Å². The number of hydrogen-bond acceptors (Lipinski definition) is 5. The highest BCUT2D eigenvalue weighted by atomic mass is 32.2. The van der Waals surface area contributed by atoms with Crippen LogP contribution in [0.3, 0.4) is 0 Å². The van der Waals surface area contributed by atoms with Crippen molar-refractivity contribution in [2.24, 2.45) is 5.10 Å². The largest absolute Gasteiger partial charge is 0.284 e.